The van der Waals surface area contributed by atoms with E-state index in [0.717, 1.165) is 11.6 Å². The first-order chi connectivity index (χ1) is 12.6. The van der Waals surface area contributed by atoms with Crippen LogP contribution in [0.4, 0.5) is 19.0 Å². The summed E-state index contributed by atoms with van der Waals surface area (Å²) < 4.78 is 39.8. The number of halogens is 4. The van der Waals surface area contributed by atoms with Gasteiger partial charge in [-0.25, -0.2) is 4.98 Å². The molecule has 0 spiro atoms. The van der Waals surface area contributed by atoms with Crippen molar-refractivity contribution in [2.45, 2.75) is 12.6 Å². The maximum atomic E-state index is 13.3. The van der Waals surface area contributed by atoms with E-state index in [1.165, 1.54) is 22.1 Å². The number of nitrogens with zero attached hydrogens (tertiary/aromatic N) is 3. The summed E-state index contributed by atoms with van der Waals surface area (Å²) in [5.74, 6) is -0.249. The highest BCUT2D eigenvalue weighted by Gasteiger charge is 2.52. The zero-order valence-electron chi connectivity index (χ0n) is 14.9. The normalized spacial score (nSPS) is 16.0. The van der Waals surface area contributed by atoms with E-state index < -0.39 is 17.2 Å². The van der Waals surface area contributed by atoms with Crippen LogP contribution in [0, 0.1) is 5.41 Å². The smallest absolute Gasteiger partial charge is 0.354 e. The van der Waals surface area contributed by atoms with E-state index in [1.54, 1.807) is 26.2 Å². The van der Waals surface area contributed by atoms with Crippen LogP contribution in [0.2, 0.25) is 5.02 Å². The second-order valence-corrected chi connectivity index (χ2v) is 7.45. The third-order valence-electron chi connectivity index (χ3n) is 4.69. The SMILES string of the molecule is CN(C)C(=O)C1(Cc2ccc(Cl)cc2)CN(c2ncccc2C(F)(F)F)C1. The Balaban J connectivity index is 1.88. The molecule has 1 saturated heterocycles. The molecule has 1 aliphatic heterocycles. The largest absolute Gasteiger partial charge is 0.419 e. The van der Waals surface area contributed by atoms with E-state index in [4.69, 9.17) is 11.6 Å². The van der Waals surface area contributed by atoms with Crippen molar-refractivity contribution in [1.29, 1.82) is 0 Å². The molecule has 0 bridgehead atoms. The Morgan fingerprint density at radius 1 is 1.22 bits per heavy atom. The van der Waals surface area contributed by atoms with E-state index in [-0.39, 0.29) is 24.8 Å². The molecule has 3 rings (SSSR count). The predicted octanol–water partition coefficient (Wildman–Crippen LogP) is 3.89. The molecule has 0 radical (unpaired) electrons. The molecule has 0 N–H and O–H groups in total. The van der Waals surface area contributed by atoms with Crippen LogP contribution >= 0.6 is 11.6 Å². The topological polar surface area (TPSA) is 36.4 Å². The summed E-state index contributed by atoms with van der Waals surface area (Å²) in [5.41, 5.74) is -0.675. The molecule has 1 fully saturated rings. The molecular weight excluding hydrogens is 379 g/mol. The quantitative estimate of drug-likeness (QED) is 0.785. The van der Waals surface area contributed by atoms with Crippen molar-refractivity contribution in [2.75, 3.05) is 32.1 Å². The second kappa shape index (κ2) is 7.03. The monoisotopic (exact) mass is 397 g/mol. The maximum Gasteiger partial charge on any atom is 0.419 e. The molecule has 1 aromatic heterocycles. The van der Waals surface area contributed by atoms with Crippen LogP contribution in [-0.2, 0) is 17.4 Å². The van der Waals surface area contributed by atoms with E-state index in [9.17, 15) is 18.0 Å². The number of benzene rings is 1. The minimum atomic E-state index is -4.50. The highest BCUT2D eigenvalue weighted by atomic mass is 35.5. The first kappa shape index (κ1) is 19.5. The van der Waals surface area contributed by atoms with Gasteiger partial charge in [-0.15, -0.1) is 0 Å². The van der Waals surface area contributed by atoms with Gasteiger partial charge in [-0.1, -0.05) is 23.7 Å². The molecule has 144 valence electrons. The summed E-state index contributed by atoms with van der Waals surface area (Å²) in [4.78, 5) is 19.7. The van der Waals surface area contributed by atoms with Crippen LogP contribution in [0.15, 0.2) is 42.6 Å². The van der Waals surface area contributed by atoms with Gasteiger partial charge in [0, 0.05) is 38.4 Å². The van der Waals surface area contributed by atoms with Crippen LogP contribution in [-0.4, -0.2) is 43.0 Å². The molecule has 8 heteroatoms. The number of alkyl halides is 3. The summed E-state index contributed by atoms with van der Waals surface area (Å²) in [6.45, 7) is 0.347. The van der Waals surface area contributed by atoms with Gasteiger partial charge in [0.1, 0.15) is 5.82 Å². The highest BCUT2D eigenvalue weighted by Crippen LogP contribution is 2.42. The van der Waals surface area contributed by atoms with Gasteiger partial charge in [0.25, 0.3) is 0 Å². The summed E-state index contributed by atoms with van der Waals surface area (Å²) >= 11 is 5.91. The zero-order chi connectivity index (χ0) is 19.8. The van der Waals surface area contributed by atoms with Gasteiger partial charge < -0.3 is 9.80 Å². The molecule has 1 aliphatic rings. The van der Waals surface area contributed by atoms with Gasteiger partial charge in [-0.2, -0.15) is 13.2 Å². The molecule has 2 aromatic rings. The molecule has 0 atom stereocenters. The number of aromatic nitrogens is 1. The summed E-state index contributed by atoms with van der Waals surface area (Å²) in [6.07, 6.45) is -2.74. The molecule has 0 aliphatic carbocycles. The molecule has 1 amide bonds. The molecule has 1 aromatic carbocycles. The molecule has 2 heterocycles. The minimum Gasteiger partial charge on any atom is -0.354 e. The zero-order valence-corrected chi connectivity index (χ0v) is 15.7. The number of hydrogen-bond acceptors (Lipinski definition) is 3. The number of carbonyl (C=O) groups excluding carboxylic acids is 1. The lowest BCUT2D eigenvalue weighted by molar-refractivity contribution is -0.141. The Kier molecular flexibility index (Phi) is 5.08. The number of hydrogen-bond donors (Lipinski definition) is 0. The average Bonchev–Trinajstić information content (AvgIpc) is 2.58. The molecule has 0 unspecified atom stereocenters. The van der Waals surface area contributed by atoms with Crippen molar-refractivity contribution in [1.82, 2.24) is 9.88 Å². The van der Waals surface area contributed by atoms with E-state index in [0.29, 0.717) is 11.4 Å². The van der Waals surface area contributed by atoms with Crippen molar-refractivity contribution >= 4 is 23.3 Å². The number of amides is 1. The van der Waals surface area contributed by atoms with E-state index in [2.05, 4.69) is 4.98 Å². The Morgan fingerprint density at radius 3 is 2.41 bits per heavy atom. The van der Waals surface area contributed by atoms with Gasteiger partial charge in [0.2, 0.25) is 5.91 Å². The van der Waals surface area contributed by atoms with Crippen molar-refractivity contribution in [3.05, 3.63) is 58.7 Å². The van der Waals surface area contributed by atoms with Crippen molar-refractivity contribution in [2.24, 2.45) is 5.41 Å². The molecule has 27 heavy (non-hydrogen) atoms. The van der Waals surface area contributed by atoms with Crippen molar-refractivity contribution in [3.63, 3.8) is 0 Å². The lowest BCUT2D eigenvalue weighted by atomic mass is 9.73. The fourth-order valence-electron chi connectivity index (χ4n) is 3.49. The van der Waals surface area contributed by atoms with Gasteiger partial charge in [-0.05, 0) is 36.2 Å². The van der Waals surface area contributed by atoms with Gasteiger partial charge in [0.15, 0.2) is 0 Å². The Bertz CT molecular complexity index is 831. The lowest BCUT2D eigenvalue weighted by Crippen LogP contribution is -2.64. The second-order valence-electron chi connectivity index (χ2n) is 7.01. The average molecular weight is 398 g/mol. The number of pyridine rings is 1. The summed E-state index contributed by atoms with van der Waals surface area (Å²) in [5, 5.41) is 0.588. The van der Waals surface area contributed by atoms with Gasteiger partial charge in [0.05, 0.1) is 11.0 Å². The fourth-order valence-corrected chi connectivity index (χ4v) is 3.62. The minimum absolute atomic E-state index is 0.113. The first-order valence-electron chi connectivity index (χ1n) is 8.36. The van der Waals surface area contributed by atoms with Crippen molar-refractivity contribution in [3.8, 4) is 0 Å². The van der Waals surface area contributed by atoms with E-state index in [1.807, 2.05) is 12.1 Å². The summed E-state index contributed by atoms with van der Waals surface area (Å²) in [7, 11) is 3.30. The van der Waals surface area contributed by atoms with Gasteiger partial charge >= 0.3 is 6.18 Å². The van der Waals surface area contributed by atoms with Crippen LogP contribution in [0.3, 0.4) is 0 Å². The van der Waals surface area contributed by atoms with Crippen molar-refractivity contribution < 1.29 is 18.0 Å². The van der Waals surface area contributed by atoms with Gasteiger partial charge in [-0.3, -0.25) is 4.79 Å². The predicted molar refractivity (Wildman–Crippen MR) is 97.7 cm³/mol. The van der Waals surface area contributed by atoms with E-state index >= 15 is 0 Å². The molecule has 4 nitrogen and oxygen atoms in total. The first-order valence-corrected chi connectivity index (χ1v) is 8.73. The number of carbonyl (C=O) groups is 1. The highest BCUT2D eigenvalue weighted by molar-refractivity contribution is 6.30. The number of anilines is 1. The Hall–Kier alpha value is -2.28. The third-order valence-corrected chi connectivity index (χ3v) is 4.95. The van der Waals surface area contributed by atoms with Crippen LogP contribution in [0.1, 0.15) is 11.1 Å². The molecule has 0 saturated carbocycles. The maximum absolute atomic E-state index is 13.3. The Morgan fingerprint density at radius 2 is 1.85 bits per heavy atom. The standard InChI is InChI=1S/C19H19ClF3N3O/c1-25(2)17(27)18(10-13-5-7-14(20)8-6-13)11-26(12-18)16-15(19(21,22)23)4-3-9-24-16/h3-9H,10-12H2,1-2H3. The summed E-state index contributed by atoms with van der Waals surface area (Å²) in [6, 6.07) is 9.41. The van der Waals surface area contributed by atoms with Crippen LogP contribution in [0.25, 0.3) is 0 Å². The molecular formula is C19H19ClF3N3O. The number of rotatable bonds is 4. The van der Waals surface area contributed by atoms with Crippen LogP contribution in [0.5, 0.6) is 0 Å². The fraction of sp³-hybridized carbons (Fsp3) is 0.368. The lowest BCUT2D eigenvalue weighted by Gasteiger charge is -2.51. The van der Waals surface area contributed by atoms with Crippen LogP contribution < -0.4 is 4.90 Å². The Labute approximate surface area is 160 Å². The third kappa shape index (κ3) is 3.88.